The van der Waals surface area contributed by atoms with E-state index in [1.807, 2.05) is 4.90 Å². The molecule has 4 aromatic heterocycles. The number of pyridine rings is 1. The first kappa shape index (κ1) is 31.2. The summed E-state index contributed by atoms with van der Waals surface area (Å²) in [5.41, 5.74) is 0.952. The van der Waals surface area contributed by atoms with Crippen LogP contribution in [0.3, 0.4) is 0 Å². The van der Waals surface area contributed by atoms with E-state index < -0.39 is 29.3 Å². The van der Waals surface area contributed by atoms with E-state index in [9.17, 15) is 18.8 Å². The summed E-state index contributed by atoms with van der Waals surface area (Å²) in [4.78, 5) is 39.1. The Kier molecular flexibility index (Phi) is 7.92. The average molecular weight is 686 g/mol. The molecule has 0 bridgehead atoms. The van der Waals surface area contributed by atoms with E-state index in [0.29, 0.717) is 51.2 Å². The Morgan fingerprint density at radius 2 is 2.06 bits per heavy atom. The van der Waals surface area contributed by atoms with Crippen LogP contribution in [0.15, 0.2) is 48.0 Å². The number of anilines is 1. The second-order valence-electron chi connectivity index (χ2n) is 12.6. The summed E-state index contributed by atoms with van der Waals surface area (Å²) < 4.78 is 52.1. The quantitative estimate of drug-likeness (QED) is 0.229. The topological polar surface area (TPSA) is 127 Å². The molecule has 11 nitrogen and oxygen atoms in total. The van der Waals surface area contributed by atoms with Gasteiger partial charge in [0, 0.05) is 85.7 Å². The van der Waals surface area contributed by atoms with Crippen LogP contribution in [-0.2, 0) is 4.79 Å². The van der Waals surface area contributed by atoms with E-state index in [4.69, 9.17) is 9.72 Å². The first-order chi connectivity index (χ1) is 23.8. The average Bonchev–Trinajstić information content (AvgIpc) is 3.92. The number of ether oxygens (including phenoxy) is 1. The van der Waals surface area contributed by atoms with Gasteiger partial charge < -0.3 is 19.5 Å². The lowest BCUT2D eigenvalue weighted by molar-refractivity contribution is -0.128. The highest BCUT2D eigenvalue weighted by molar-refractivity contribution is 7.10. The number of thiazole rings is 1. The molecule has 49 heavy (non-hydrogen) atoms. The van der Waals surface area contributed by atoms with Gasteiger partial charge in [0.1, 0.15) is 34.8 Å². The van der Waals surface area contributed by atoms with E-state index in [1.54, 1.807) is 29.8 Å². The largest absolute Gasteiger partial charge is 0.461 e. The molecule has 0 saturated carbocycles. The third kappa shape index (κ3) is 5.54. The van der Waals surface area contributed by atoms with Crippen LogP contribution in [-0.4, -0.2) is 98.2 Å². The standard InChI is InChI=1S/C34H30F3N9O2S/c35-21-14-34(5-2-7-46(34)18-21)19-48-33-42-30-23(17-41-29(28(30)37)22-16-40-25-4-1-3-20(15-38)27(22)25)31(43-33)44-8-10-45(11-9-44)32(47)24(36)13-26-39-6-12-49-26/h1,3-4,6,12-13,16-17,21,40H,2,5,7-11,14,18-19H2/b24-13-/t21-,34+/m1/s1. The van der Waals surface area contributed by atoms with Gasteiger partial charge in [-0.1, -0.05) is 6.07 Å². The van der Waals surface area contributed by atoms with Crippen molar-refractivity contribution in [1.29, 1.82) is 5.26 Å². The number of piperazine rings is 1. The lowest BCUT2D eigenvalue weighted by Crippen LogP contribution is -2.49. The highest BCUT2D eigenvalue weighted by Crippen LogP contribution is 2.41. The van der Waals surface area contributed by atoms with Crippen molar-refractivity contribution in [3.8, 4) is 23.3 Å². The predicted molar refractivity (Wildman–Crippen MR) is 178 cm³/mol. The van der Waals surface area contributed by atoms with Crippen molar-refractivity contribution < 1.29 is 22.7 Å². The number of H-pyrrole nitrogens is 1. The van der Waals surface area contributed by atoms with Gasteiger partial charge in [0.25, 0.3) is 5.91 Å². The number of benzene rings is 1. The SMILES string of the molecule is N#Cc1cccc2[nH]cc(-c3ncc4c(N5CCN(C(=O)/C(F)=C/c6nccs6)CC5)nc(OC[C@@]56CCCN5C[C@H](F)C6)nc4c3F)c12. The number of hydrogen-bond donors (Lipinski definition) is 1. The number of rotatable bonds is 7. The van der Waals surface area contributed by atoms with Crippen LogP contribution < -0.4 is 9.64 Å². The van der Waals surface area contributed by atoms with Gasteiger partial charge in [-0.3, -0.25) is 14.7 Å². The van der Waals surface area contributed by atoms with Crippen LogP contribution >= 0.6 is 11.3 Å². The van der Waals surface area contributed by atoms with Crippen molar-refractivity contribution >= 4 is 50.9 Å². The minimum atomic E-state index is -0.946. The molecule has 0 spiro atoms. The second kappa shape index (κ2) is 12.4. The normalized spacial score (nSPS) is 21.4. The fourth-order valence-electron chi connectivity index (χ4n) is 7.38. The number of carbonyl (C=O) groups excluding carboxylic acids is 1. The zero-order chi connectivity index (χ0) is 33.7. The van der Waals surface area contributed by atoms with Crippen molar-refractivity contribution in [3.63, 3.8) is 0 Å². The summed E-state index contributed by atoms with van der Waals surface area (Å²) >= 11 is 1.23. The zero-order valence-electron chi connectivity index (χ0n) is 26.2. The van der Waals surface area contributed by atoms with Crippen molar-refractivity contribution in [3.05, 3.63) is 64.4 Å². The van der Waals surface area contributed by atoms with Crippen LogP contribution in [0.25, 0.3) is 39.1 Å². The highest BCUT2D eigenvalue weighted by Gasteiger charge is 2.49. The molecule has 3 aliphatic heterocycles. The predicted octanol–water partition coefficient (Wildman–Crippen LogP) is 5.25. The maximum atomic E-state index is 16.7. The fraction of sp³-hybridized carbons (Fsp3) is 0.353. The minimum Gasteiger partial charge on any atom is -0.461 e. The van der Waals surface area contributed by atoms with Gasteiger partial charge in [-0.15, -0.1) is 11.3 Å². The van der Waals surface area contributed by atoms with Crippen molar-refractivity contribution in [2.45, 2.75) is 31.0 Å². The van der Waals surface area contributed by atoms with E-state index in [1.165, 1.54) is 28.6 Å². The fourth-order valence-corrected chi connectivity index (χ4v) is 7.93. The number of amides is 1. The molecule has 1 amide bonds. The molecule has 250 valence electrons. The summed E-state index contributed by atoms with van der Waals surface area (Å²) in [6.45, 7) is 2.23. The second-order valence-corrected chi connectivity index (χ2v) is 13.5. The molecule has 0 aliphatic carbocycles. The molecule has 15 heteroatoms. The molecule has 1 aromatic carbocycles. The Morgan fingerprint density at radius 3 is 2.86 bits per heavy atom. The lowest BCUT2D eigenvalue weighted by Gasteiger charge is -2.35. The van der Waals surface area contributed by atoms with Crippen LogP contribution in [0.1, 0.15) is 29.8 Å². The van der Waals surface area contributed by atoms with E-state index in [0.717, 1.165) is 25.5 Å². The molecule has 3 fully saturated rings. The molecule has 0 unspecified atom stereocenters. The molecule has 3 saturated heterocycles. The van der Waals surface area contributed by atoms with Gasteiger partial charge in [0.2, 0.25) is 0 Å². The third-order valence-corrected chi connectivity index (χ3v) is 10.5. The number of halogens is 3. The van der Waals surface area contributed by atoms with Crippen LogP contribution in [0.2, 0.25) is 0 Å². The number of nitrogens with zero attached hydrogens (tertiary/aromatic N) is 8. The monoisotopic (exact) mass is 685 g/mol. The number of alkyl halides is 1. The number of aromatic nitrogens is 5. The lowest BCUT2D eigenvalue weighted by atomic mass is 9.95. The Morgan fingerprint density at radius 1 is 1.20 bits per heavy atom. The van der Waals surface area contributed by atoms with Crippen LogP contribution in [0, 0.1) is 17.1 Å². The van der Waals surface area contributed by atoms with E-state index in [2.05, 4.69) is 30.9 Å². The summed E-state index contributed by atoms with van der Waals surface area (Å²) in [6, 6.07) is 7.31. The maximum absolute atomic E-state index is 16.7. The third-order valence-electron chi connectivity index (χ3n) is 9.73. The number of nitrogens with one attached hydrogen (secondary N) is 1. The zero-order valence-corrected chi connectivity index (χ0v) is 27.0. The van der Waals surface area contributed by atoms with Gasteiger partial charge in [-0.25, -0.2) is 18.2 Å². The molecule has 5 aromatic rings. The molecule has 2 atom stereocenters. The highest BCUT2D eigenvalue weighted by atomic mass is 32.1. The summed E-state index contributed by atoms with van der Waals surface area (Å²) in [6.07, 6.45) is 6.89. The summed E-state index contributed by atoms with van der Waals surface area (Å²) in [7, 11) is 0. The number of carbonyl (C=O) groups is 1. The van der Waals surface area contributed by atoms with E-state index >= 15 is 4.39 Å². The molecule has 8 rings (SSSR count). The first-order valence-electron chi connectivity index (χ1n) is 16.0. The van der Waals surface area contributed by atoms with Gasteiger partial charge in [-0.05, 0) is 31.5 Å². The van der Waals surface area contributed by atoms with Crippen LogP contribution in [0.5, 0.6) is 6.01 Å². The smallest absolute Gasteiger partial charge is 0.319 e. The number of fused-ring (bicyclic) bond motifs is 3. The molecule has 3 aliphatic rings. The van der Waals surface area contributed by atoms with Crippen molar-refractivity contribution in [2.75, 3.05) is 50.8 Å². The maximum Gasteiger partial charge on any atom is 0.319 e. The van der Waals surface area contributed by atoms with Gasteiger partial charge >= 0.3 is 6.01 Å². The van der Waals surface area contributed by atoms with Crippen molar-refractivity contribution in [2.24, 2.45) is 0 Å². The molecule has 0 radical (unpaired) electrons. The van der Waals surface area contributed by atoms with Gasteiger partial charge in [0.05, 0.1) is 22.6 Å². The Bertz CT molecular complexity index is 2140. The molecular weight excluding hydrogens is 655 g/mol. The molecular formula is C34H30F3N9O2S. The summed E-state index contributed by atoms with van der Waals surface area (Å²) in [5, 5.41) is 12.7. The first-order valence-corrected chi connectivity index (χ1v) is 16.9. The Balaban J connectivity index is 1.14. The molecule has 7 heterocycles. The van der Waals surface area contributed by atoms with Gasteiger partial charge in [0.15, 0.2) is 11.6 Å². The summed E-state index contributed by atoms with van der Waals surface area (Å²) in [5.74, 6) is -1.99. The molecule has 1 N–H and O–H groups in total. The number of nitriles is 1. The van der Waals surface area contributed by atoms with E-state index in [-0.39, 0.29) is 50.0 Å². The number of aromatic amines is 1. The van der Waals surface area contributed by atoms with Gasteiger partial charge in [-0.2, -0.15) is 15.2 Å². The van der Waals surface area contributed by atoms with Crippen LogP contribution in [0.4, 0.5) is 19.0 Å². The number of hydrogen-bond acceptors (Lipinski definition) is 10. The Hall–Kier alpha value is -5.07. The Labute approximate surface area is 282 Å². The minimum absolute atomic E-state index is 0.00610. The van der Waals surface area contributed by atoms with Crippen molar-refractivity contribution in [1.82, 2.24) is 34.7 Å².